The molecule has 1 atom stereocenters. The van der Waals surface area contributed by atoms with Crippen LogP contribution in [0, 0.1) is 0 Å². The lowest BCUT2D eigenvalue weighted by Gasteiger charge is -2.39. The molecular formula is C13H20F3NO2SSi. The SMILES string of the molecule is CC(=O)c1ncc([C@H](O[Si](C)(C)C(C)(C)C)C(F)(F)F)s1. The maximum atomic E-state index is 13.3. The third kappa shape index (κ3) is 4.37. The van der Waals surface area contributed by atoms with Crippen LogP contribution in [0.1, 0.15) is 48.5 Å². The molecular weight excluding hydrogens is 319 g/mol. The van der Waals surface area contributed by atoms with Gasteiger partial charge in [0.2, 0.25) is 0 Å². The average Bonchev–Trinajstić information content (AvgIpc) is 2.71. The average molecular weight is 339 g/mol. The number of Topliss-reactive ketones (excluding diaryl/α,β-unsaturated/α-hetero) is 1. The van der Waals surface area contributed by atoms with Crippen molar-refractivity contribution in [2.24, 2.45) is 0 Å². The van der Waals surface area contributed by atoms with Gasteiger partial charge in [-0.15, -0.1) is 11.3 Å². The molecule has 120 valence electrons. The summed E-state index contributed by atoms with van der Waals surface area (Å²) in [4.78, 5) is 14.9. The molecule has 0 aliphatic carbocycles. The summed E-state index contributed by atoms with van der Waals surface area (Å²) in [5.74, 6) is -0.348. The van der Waals surface area contributed by atoms with E-state index >= 15 is 0 Å². The van der Waals surface area contributed by atoms with Crippen molar-refractivity contribution in [3.8, 4) is 0 Å². The molecule has 1 aromatic heterocycles. The van der Waals surface area contributed by atoms with Gasteiger partial charge in [-0.05, 0) is 18.1 Å². The molecule has 0 amide bonds. The van der Waals surface area contributed by atoms with Crippen LogP contribution in [0.25, 0.3) is 0 Å². The first-order valence-corrected chi connectivity index (χ1v) is 10.2. The number of halogens is 3. The molecule has 0 saturated heterocycles. The summed E-state index contributed by atoms with van der Waals surface area (Å²) in [6.45, 7) is 10.4. The number of rotatable bonds is 4. The highest BCUT2D eigenvalue weighted by molar-refractivity contribution is 7.13. The van der Waals surface area contributed by atoms with Crippen molar-refractivity contribution in [2.75, 3.05) is 0 Å². The highest BCUT2D eigenvalue weighted by atomic mass is 32.1. The minimum Gasteiger partial charge on any atom is -0.401 e. The van der Waals surface area contributed by atoms with E-state index in [4.69, 9.17) is 4.43 Å². The molecule has 8 heteroatoms. The van der Waals surface area contributed by atoms with Crippen molar-refractivity contribution in [1.82, 2.24) is 4.98 Å². The van der Waals surface area contributed by atoms with Gasteiger partial charge in [-0.25, -0.2) is 4.98 Å². The minimum atomic E-state index is -4.53. The van der Waals surface area contributed by atoms with E-state index in [1.807, 2.05) is 20.8 Å². The van der Waals surface area contributed by atoms with E-state index in [1.165, 1.54) is 6.92 Å². The number of aromatic nitrogens is 1. The molecule has 0 N–H and O–H groups in total. The first-order chi connectivity index (χ1) is 9.25. The van der Waals surface area contributed by atoms with Crippen LogP contribution in [0.4, 0.5) is 13.2 Å². The lowest BCUT2D eigenvalue weighted by molar-refractivity contribution is -0.200. The molecule has 0 bridgehead atoms. The Bertz CT molecular complexity index is 520. The van der Waals surface area contributed by atoms with Crippen LogP contribution in [0.2, 0.25) is 18.1 Å². The lowest BCUT2D eigenvalue weighted by atomic mass is 10.2. The zero-order valence-corrected chi connectivity index (χ0v) is 14.8. The first-order valence-electron chi connectivity index (χ1n) is 6.47. The van der Waals surface area contributed by atoms with Crippen molar-refractivity contribution in [1.29, 1.82) is 0 Å². The minimum absolute atomic E-state index is 0.0677. The number of hydrogen-bond donors (Lipinski definition) is 0. The Morgan fingerprint density at radius 1 is 1.33 bits per heavy atom. The Kier molecular flexibility index (Phi) is 5.07. The van der Waals surface area contributed by atoms with Gasteiger partial charge in [0.25, 0.3) is 0 Å². The second-order valence-electron chi connectivity index (χ2n) is 6.42. The van der Waals surface area contributed by atoms with Gasteiger partial charge >= 0.3 is 6.18 Å². The maximum Gasteiger partial charge on any atom is 0.418 e. The summed E-state index contributed by atoms with van der Waals surface area (Å²) in [6.07, 6.45) is -5.47. The lowest BCUT2D eigenvalue weighted by Crippen LogP contribution is -2.44. The molecule has 1 aromatic rings. The predicted octanol–water partition coefficient (Wildman–Crippen LogP) is 4.97. The molecule has 1 heterocycles. The normalized spacial score (nSPS) is 15.1. The molecule has 0 aliphatic rings. The molecule has 0 unspecified atom stereocenters. The van der Waals surface area contributed by atoms with E-state index in [9.17, 15) is 18.0 Å². The summed E-state index contributed by atoms with van der Waals surface area (Å²) in [5.41, 5.74) is 0. The summed E-state index contributed by atoms with van der Waals surface area (Å²) in [5, 5.41) is -0.275. The third-order valence-electron chi connectivity index (χ3n) is 3.60. The molecule has 0 aliphatic heterocycles. The standard InChI is InChI=1S/C13H20F3NO2SSi/c1-8(18)11-17-7-9(20-11)10(13(14,15)16)19-21(5,6)12(2,3)4/h7,10H,1-6H3/t10-/m0/s1. The van der Waals surface area contributed by atoms with Gasteiger partial charge in [0.15, 0.2) is 25.2 Å². The molecule has 0 radical (unpaired) electrons. The first kappa shape index (κ1) is 18.3. The van der Waals surface area contributed by atoms with E-state index in [1.54, 1.807) is 13.1 Å². The number of carbonyl (C=O) groups excluding carboxylic acids is 1. The largest absolute Gasteiger partial charge is 0.418 e. The zero-order chi connectivity index (χ0) is 16.6. The Labute approximate surface area is 127 Å². The predicted molar refractivity (Wildman–Crippen MR) is 79.2 cm³/mol. The summed E-state index contributed by atoms with van der Waals surface area (Å²) in [6, 6.07) is 0. The molecule has 0 aromatic carbocycles. The van der Waals surface area contributed by atoms with Gasteiger partial charge < -0.3 is 4.43 Å². The number of nitrogens with zero attached hydrogens (tertiary/aromatic N) is 1. The molecule has 1 rings (SSSR count). The molecule has 21 heavy (non-hydrogen) atoms. The van der Waals surface area contributed by atoms with E-state index in [0.29, 0.717) is 0 Å². The van der Waals surface area contributed by atoms with Crippen LogP contribution in [0.3, 0.4) is 0 Å². The van der Waals surface area contributed by atoms with E-state index < -0.39 is 20.6 Å². The van der Waals surface area contributed by atoms with Crippen molar-refractivity contribution in [3.63, 3.8) is 0 Å². The molecule has 0 spiro atoms. The van der Waals surface area contributed by atoms with Gasteiger partial charge in [0, 0.05) is 13.1 Å². The summed E-state index contributed by atoms with van der Waals surface area (Å²) in [7, 11) is -2.60. The van der Waals surface area contributed by atoms with Crippen LogP contribution in [-0.2, 0) is 4.43 Å². The van der Waals surface area contributed by atoms with Gasteiger partial charge in [0.1, 0.15) is 0 Å². The smallest absolute Gasteiger partial charge is 0.401 e. The number of alkyl halides is 3. The van der Waals surface area contributed by atoms with Gasteiger partial charge in [-0.1, -0.05) is 20.8 Å². The third-order valence-corrected chi connectivity index (χ3v) is 9.18. The van der Waals surface area contributed by atoms with Crippen LogP contribution in [0.15, 0.2) is 6.20 Å². The fraction of sp³-hybridized carbons (Fsp3) is 0.692. The van der Waals surface area contributed by atoms with E-state index in [-0.39, 0.29) is 20.7 Å². The Morgan fingerprint density at radius 3 is 2.19 bits per heavy atom. The van der Waals surface area contributed by atoms with Crippen LogP contribution in [0.5, 0.6) is 0 Å². The summed E-state index contributed by atoms with van der Waals surface area (Å²) >= 11 is 0.744. The Morgan fingerprint density at radius 2 is 1.86 bits per heavy atom. The van der Waals surface area contributed by atoms with Crippen molar-refractivity contribution in [3.05, 3.63) is 16.1 Å². The van der Waals surface area contributed by atoms with Gasteiger partial charge in [-0.2, -0.15) is 13.2 Å². The van der Waals surface area contributed by atoms with E-state index in [0.717, 1.165) is 17.5 Å². The van der Waals surface area contributed by atoms with Crippen molar-refractivity contribution < 1.29 is 22.4 Å². The zero-order valence-electron chi connectivity index (χ0n) is 13.0. The van der Waals surface area contributed by atoms with Gasteiger partial charge in [0.05, 0.1) is 4.88 Å². The molecule has 0 saturated carbocycles. The topological polar surface area (TPSA) is 39.2 Å². The summed E-state index contributed by atoms with van der Waals surface area (Å²) < 4.78 is 45.5. The fourth-order valence-electron chi connectivity index (χ4n) is 1.33. The second-order valence-corrected chi connectivity index (χ2v) is 12.2. The molecule has 0 fully saturated rings. The number of carbonyl (C=O) groups is 1. The van der Waals surface area contributed by atoms with Gasteiger partial charge in [-0.3, -0.25) is 4.79 Å². The Balaban J connectivity index is 3.16. The number of hydrogen-bond acceptors (Lipinski definition) is 4. The molecule has 3 nitrogen and oxygen atoms in total. The highest BCUT2D eigenvalue weighted by Crippen LogP contribution is 2.45. The van der Waals surface area contributed by atoms with Crippen molar-refractivity contribution in [2.45, 2.75) is 58.1 Å². The maximum absolute atomic E-state index is 13.3. The van der Waals surface area contributed by atoms with Crippen LogP contribution < -0.4 is 0 Å². The Hall–Kier alpha value is -0.733. The fourth-order valence-corrected chi connectivity index (χ4v) is 3.48. The number of ketones is 1. The highest BCUT2D eigenvalue weighted by Gasteiger charge is 2.49. The van der Waals surface area contributed by atoms with Crippen LogP contribution in [-0.4, -0.2) is 25.3 Å². The number of thiazole rings is 1. The second kappa shape index (κ2) is 5.81. The quantitative estimate of drug-likeness (QED) is 0.574. The van der Waals surface area contributed by atoms with Crippen molar-refractivity contribution >= 4 is 25.4 Å². The van der Waals surface area contributed by atoms with E-state index in [2.05, 4.69) is 4.98 Å². The van der Waals surface area contributed by atoms with Crippen LogP contribution >= 0.6 is 11.3 Å². The monoisotopic (exact) mass is 339 g/mol.